The first-order chi connectivity index (χ1) is 8.69. The molecular weight excluding hydrogens is 259 g/mol. The number of hydrogen-bond donors (Lipinski definition) is 1. The Hall–Kier alpha value is -1.56. The summed E-state index contributed by atoms with van der Waals surface area (Å²) < 4.78 is 39.1. The van der Waals surface area contributed by atoms with Crippen LogP contribution < -0.4 is 0 Å². The van der Waals surface area contributed by atoms with E-state index in [0.29, 0.717) is 23.6 Å². The molecule has 1 N–H and O–H groups in total. The molecule has 0 aromatic heterocycles. The zero-order valence-corrected chi connectivity index (χ0v) is 11.0. The van der Waals surface area contributed by atoms with Crippen LogP contribution >= 0.6 is 0 Å². The number of rotatable bonds is 4. The Balaban J connectivity index is 2.92. The van der Waals surface area contributed by atoms with Crippen molar-refractivity contribution in [2.45, 2.75) is 33.7 Å². The van der Waals surface area contributed by atoms with Gasteiger partial charge in [0.15, 0.2) is 11.6 Å². The van der Waals surface area contributed by atoms with Crippen molar-refractivity contribution in [3.05, 3.63) is 35.1 Å². The number of amides is 1. The molecule has 19 heavy (non-hydrogen) atoms. The molecule has 0 heterocycles. The van der Waals surface area contributed by atoms with E-state index in [1.165, 1.54) is 0 Å². The summed E-state index contributed by atoms with van der Waals surface area (Å²) in [6.45, 7) is 4.48. The molecule has 0 radical (unpaired) electrons. The molecule has 0 fully saturated rings. The van der Waals surface area contributed by atoms with E-state index in [2.05, 4.69) is 0 Å². The molecule has 6 heteroatoms. The van der Waals surface area contributed by atoms with Crippen molar-refractivity contribution >= 4 is 5.91 Å². The van der Waals surface area contributed by atoms with Gasteiger partial charge in [-0.2, -0.15) is 0 Å². The quantitative estimate of drug-likeness (QED) is 0.520. The van der Waals surface area contributed by atoms with Crippen LogP contribution in [0.25, 0.3) is 0 Å². The highest BCUT2D eigenvalue weighted by Crippen LogP contribution is 2.24. The van der Waals surface area contributed by atoms with E-state index in [-0.39, 0.29) is 5.56 Å². The molecule has 0 atom stereocenters. The number of hydroxylamine groups is 2. The fraction of sp³-hybridized carbons (Fsp3) is 0.462. The van der Waals surface area contributed by atoms with Gasteiger partial charge in [0.05, 0.1) is 6.54 Å². The van der Waals surface area contributed by atoms with Gasteiger partial charge in [0.2, 0.25) is 0 Å². The zero-order valence-electron chi connectivity index (χ0n) is 11.0. The minimum absolute atomic E-state index is 0.290. The third-order valence-corrected chi connectivity index (χ3v) is 3.11. The summed E-state index contributed by atoms with van der Waals surface area (Å²) in [5.41, 5.74) is -1.11. The monoisotopic (exact) mass is 275 g/mol. The van der Waals surface area contributed by atoms with Crippen molar-refractivity contribution in [1.82, 2.24) is 5.06 Å². The highest BCUT2D eigenvalue weighted by Gasteiger charge is 2.30. The highest BCUT2D eigenvalue weighted by molar-refractivity contribution is 5.80. The lowest BCUT2D eigenvalue weighted by atomic mass is 9.89. The van der Waals surface area contributed by atoms with Gasteiger partial charge >= 0.3 is 0 Å². The van der Waals surface area contributed by atoms with Crippen LogP contribution in [0.5, 0.6) is 0 Å². The van der Waals surface area contributed by atoms with Gasteiger partial charge in [0, 0.05) is 17.0 Å². The first-order valence-electron chi connectivity index (χ1n) is 5.83. The molecule has 0 aliphatic heterocycles. The Bertz CT molecular complexity index is 489. The molecule has 3 nitrogen and oxygen atoms in total. The Morgan fingerprint density at radius 1 is 1.21 bits per heavy atom. The van der Waals surface area contributed by atoms with Crippen molar-refractivity contribution in [1.29, 1.82) is 0 Å². The van der Waals surface area contributed by atoms with Crippen LogP contribution in [0.1, 0.15) is 32.8 Å². The smallest absolute Gasteiger partial charge is 0.251 e. The van der Waals surface area contributed by atoms with E-state index in [4.69, 9.17) is 0 Å². The van der Waals surface area contributed by atoms with E-state index in [1.54, 1.807) is 20.8 Å². The largest absolute Gasteiger partial charge is 0.286 e. The Labute approximate surface area is 109 Å². The molecule has 1 rings (SSSR count). The van der Waals surface area contributed by atoms with Gasteiger partial charge in [-0.05, 0) is 12.5 Å². The van der Waals surface area contributed by atoms with Crippen molar-refractivity contribution in [3.8, 4) is 0 Å². The van der Waals surface area contributed by atoms with Crippen LogP contribution in [-0.2, 0) is 11.3 Å². The molecule has 0 saturated heterocycles. The number of halogens is 3. The van der Waals surface area contributed by atoms with Crippen molar-refractivity contribution in [3.63, 3.8) is 0 Å². The molecule has 106 valence electrons. The van der Waals surface area contributed by atoms with Crippen LogP contribution in [0.3, 0.4) is 0 Å². The van der Waals surface area contributed by atoms with Crippen molar-refractivity contribution in [2.24, 2.45) is 5.41 Å². The van der Waals surface area contributed by atoms with Crippen LogP contribution in [0.15, 0.2) is 12.1 Å². The van der Waals surface area contributed by atoms with Gasteiger partial charge in [-0.3, -0.25) is 10.0 Å². The predicted octanol–water partition coefficient (Wildman–Crippen LogP) is 3.26. The lowest BCUT2D eigenvalue weighted by Crippen LogP contribution is -2.38. The summed E-state index contributed by atoms with van der Waals surface area (Å²) in [5, 5.41) is 9.94. The Morgan fingerprint density at radius 2 is 1.74 bits per heavy atom. The van der Waals surface area contributed by atoms with Crippen molar-refractivity contribution in [2.75, 3.05) is 0 Å². The summed E-state index contributed by atoms with van der Waals surface area (Å²) >= 11 is 0. The maximum absolute atomic E-state index is 13.4. The van der Waals surface area contributed by atoms with Gasteiger partial charge in [-0.15, -0.1) is 0 Å². The highest BCUT2D eigenvalue weighted by atomic mass is 19.2. The summed E-state index contributed by atoms with van der Waals surface area (Å²) in [6, 6.07) is 1.01. The average Bonchev–Trinajstić information content (AvgIpc) is 2.34. The topological polar surface area (TPSA) is 40.5 Å². The second kappa shape index (κ2) is 5.61. The standard InChI is InChI=1S/C13H16F3NO2/c1-4-13(2,3)12(18)17(19)7-8-5-10(15)11(16)6-9(8)14/h5-6,19H,4,7H2,1-3H3. The van der Waals surface area contributed by atoms with E-state index < -0.39 is 35.3 Å². The number of carbonyl (C=O) groups excluding carboxylic acids is 1. The lowest BCUT2D eigenvalue weighted by Gasteiger charge is -2.26. The Morgan fingerprint density at radius 3 is 2.26 bits per heavy atom. The summed E-state index contributed by atoms with van der Waals surface area (Å²) in [4.78, 5) is 11.8. The lowest BCUT2D eigenvalue weighted by molar-refractivity contribution is -0.178. The normalized spacial score (nSPS) is 11.5. The van der Waals surface area contributed by atoms with Gasteiger partial charge in [0.25, 0.3) is 5.91 Å². The molecule has 0 unspecified atom stereocenters. The van der Waals surface area contributed by atoms with E-state index in [0.717, 1.165) is 0 Å². The van der Waals surface area contributed by atoms with Gasteiger partial charge in [-0.1, -0.05) is 20.8 Å². The van der Waals surface area contributed by atoms with Crippen LogP contribution in [0.4, 0.5) is 13.2 Å². The minimum Gasteiger partial charge on any atom is -0.286 e. The van der Waals surface area contributed by atoms with Gasteiger partial charge in [0.1, 0.15) is 5.82 Å². The molecule has 0 bridgehead atoms. The first kappa shape index (κ1) is 15.5. The molecule has 0 spiro atoms. The second-order valence-electron chi connectivity index (χ2n) is 4.96. The average molecular weight is 275 g/mol. The summed E-state index contributed by atoms with van der Waals surface area (Å²) in [7, 11) is 0. The second-order valence-corrected chi connectivity index (χ2v) is 4.96. The minimum atomic E-state index is -1.31. The van der Waals surface area contributed by atoms with E-state index in [9.17, 15) is 23.2 Å². The summed E-state index contributed by atoms with van der Waals surface area (Å²) in [6.07, 6.45) is 0.475. The SMILES string of the molecule is CCC(C)(C)C(=O)N(O)Cc1cc(F)c(F)cc1F. The third kappa shape index (κ3) is 3.47. The maximum atomic E-state index is 13.4. The third-order valence-electron chi connectivity index (χ3n) is 3.11. The molecular formula is C13H16F3NO2. The number of nitrogens with zero attached hydrogens (tertiary/aromatic N) is 1. The van der Waals surface area contributed by atoms with E-state index >= 15 is 0 Å². The number of carbonyl (C=O) groups is 1. The number of hydrogen-bond acceptors (Lipinski definition) is 2. The fourth-order valence-corrected chi connectivity index (χ4v) is 1.42. The van der Waals surface area contributed by atoms with Crippen LogP contribution in [-0.4, -0.2) is 16.2 Å². The molecule has 1 aromatic carbocycles. The molecule has 0 saturated carbocycles. The maximum Gasteiger partial charge on any atom is 0.251 e. The molecule has 0 aliphatic rings. The molecule has 1 aromatic rings. The first-order valence-corrected chi connectivity index (χ1v) is 5.83. The fourth-order valence-electron chi connectivity index (χ4n) is 1.42. The van der Waals surface area contributed by atoms with Crippen LogP contribution in [0, 0.1) is 22.9 Å². The van der Waals surface area contributed by atoms with Crippen molar-refractivity contribution < 1.29 is 23.2 Å². The number of benzene rings is 1. The summed E-state index contributed by atoms with van der Waals surface area (Å²) in [5.74, 6) is -4.17. The van der Waals surface area contributed by atoms with Gasteiger partial charge < -0.3 is 0 Å². The Kier molecular flexibility index (Phi) is 4.57. The predicted molar refractivity (Wildman–Crippen MR) is 62.7 cm³/mol. The molecule has 1 amide bonds. The van der Waals surface area contributed by atoms with E-state index in [1.807, 2.05) is 0 Å². The molecule has 0 aliphatic carbocycles. The zero-order chi connectivity index (χ0) is 14.8. The van der Waals surface area contributed by atoms with Crippen LogP contribution in [0.2, 0.25) is 0 Å². The van der Waals surface area contributed by atoms with Gasteiger partial charge in [-0.25, -0.2) is 18.2 Å².